The number of carbonyl (C=O) groups is 3. The number of Topliss-reactive ketones (excluding diaryl/α,β-unsaturated/α-hetero) is 2. The molecule has 0 unspecified atom stereocenters. The molecule has 0 fully saturated rings. The van der Waals surface area contributed by atoms with Crippen LogP contribution < -0.4 is 5.73 Å². The van der Waals surface area contributed by atoms with Crippen molar-refractivity contribution in [1.29, 1.82) is 0 Å². The van der Waals surface area contributed by atoms with Gasteiger partial charge in [-0.1, -0.05) is 11.8 Å². The number of hydrogen-bond donors (Lipinski definition) is 2. The van der Waals surface area contributed by atoms with E-state index in [1.54, 1.807) is 20.8 Å². The number of nitrogens with one attached hydrogen (secondary N) is 1. The van der Waals surface area contributed by atoms with Crippen molar-refractivity contribution in [1.82, 2.24) is 9.97 Å². The van der Waals surface area contributed by atoms with Gasteiger partial charge in [-0.25, -0.2) is 4.98 Å². The summed E-state index contributed by atoms with van der Waals surface area (Å²) in [6, 6.07) is 0. The lowest BCUT2D eigenvalue weighted by Gasteiger charge is -2.16. The van der Waals surface area contributed by atoms with Crippen molar-refractivity contribution in [2.24, 2.45) is 5.73 Å². The number of rotatable bonds is 6. The van der Waals surface area contributed by atoms with E-state index in [4.69, 9.17) is 5.73 Å². The molecule has 27 heavy (non-hydrogen) atoms. The maximum absolute atomic E-state index is 13.0. The smallest absolute Gasteiger partial charge is 0.251 e. The minimum Gasteiger partial charge on any atom is -0.366 e. The van der Waals surface area contributed by atoms with Crippen molar-refractivity contribution >= 4 is 29.2 Å². The molecular formula is C20H25N3O3S. The highest BCUT2D eigenvalue weighted by Gasteiger charge is 2.27. The topological polar surface area (TPSA) is 106 Å². The molecule has 0 aliphatic heterocycles. The predicted molar refractivity (Wildman–Crippen MR) is 107 cm³/mol. The average Bonchev–Trinajstić information content (AvgIpc) is 2.86. The Morgan fingerprint density at radius 1 is 1.00 bits per heavy atom. The summed E-state index contributed by atoms with van der Waals surface area (Å²) in [6.07, 6.45) is 0. The van der Waals surface area contributed by atoms with Crippen LogP contribution in [0.2, 0.25) is 0 Å². The van der Waals surface area contributed by atoms with Crippen molar-refractivity contribution in [3.63, 3.8) is 0 Å². The molecule has 0 saturated heterocycles. The quantitative estimate of drug-likeness (QED) is 0.582. The highest BCUT2D eigenvalue weighted by Crippen LogP contribution is 2.32. The van der Waals surface area contributed by atoms with Crippen LogP contribution in [0.5, 0.6) is 0 Å². The Hall–Kier alpha value is -2.41. The summed E-state index contributed by atoms with van der Waals surface area (Å²) in [5.74, 6) is -0.791. The predicted octanol–water partition coefficient (Wildman–Crippen LogP) is 3.62. The largest absolute Gasteiger partial charge is 0.366 e. The first-order valence-corrected chi connectivity index (χ1v) is 9.53. The number of thioether (sulfide) groups is 1. The van der Waals surface area contributed by atoms with E-state index < -0.39 is 11.2 Å². The van der Waals surface area contributed by atoms with Crippen LogP contribution in [0, 0.1) is 34.6 Å². The van der Waals surface area contributed by atoms with Gasteiger partial charge in [0.05, 0.1) is 16.5 Å². The lowest BCUT2D eigenvalue weighted by atomic mass is 10.0. The number of aromatic amines is 1. The summed E-state index contributed by atoms with van der Waals surface area (Å²) in [6.45, 7) is 12.4. The van der Waals surface area contributed by atoms with E-state index in [1.807, 2.05) is 20.8 Å². The van der Waals surface area contributed by atoms with Crippen LogP contribution in [0.25, 0.3) is 0 Å². The van der Waals surface area contributed by atoms with Crippen LogP contribution in [0.1, 0.15) is 73.1 Å². The number of carbonyl (C=O) groups excluding carboxylic acids is 3. The lowest BCUT2D eigenvalue weighted by Crippen LogP contribution is -2.20. The maximum Gasteiger partial charge on any atom is 0.251 e. The molecule has 3 N–H and O–H groups in total. The van der Waals surface area contributed by atoms with Crippen LogP contribution in [0.4, 0.5) is 0 Å². The third kappa shape index (κ3) is 3.83. The van der Waals surface area contributed by atoms with Gasteiger partial charge >= 0.3 is 0 Å². The van der Waals surface area contributed by atoms with Gasteiger partial charge in [-0.15, -0.1) is 0 Å². The van der Waals surface area contributed by atoms with Crippen LogP contribution in [-0.4, -0.2) is 32.7 Å². The van der Waals surface area contributed by atoms with Gasteiger partial charge in [0.2, 0.25) is 0 Å². The molecule has 144 valence electrons. The molecule has 2 rings (SSSR count). The third-order valence-electron chi connectivity index (χ3n) is 4.90. The molecule has 2 aromatic rings. The number of aromatic nitrogens is 2. The standard InChI is InChI=1S/C20H25N3O3S/c1-8-9(2)16(19(21)26)20(23-11(8)4)27-14(7)18(25)17-10(3)15(13(6)24)12(5)22-17/h14,22H,1-7H3,(H2,21,26)/t14-/m1/s1. The fraction of sp³-hybridized carbons (Fsp3) is 0.400. The molecule has 6 nitrogen and oxygen atoms in total. The zero-order chi connectivity index (χ0) is 20.6. The van der Waals surface area contributed by atoms with Crippen molar-refractivity contribution in [2.45, 2.75) is 58.7 Å². The van der Waals surface area contributed by atoms with Gasteiger partial charge in [0.1, 0.15) is 5.03 Å². The van der Waals surface area contributed by atoms with Gasteiger partial charge in [0, 0.05) is 17.0 Å². The van der Waals surface area contributed by atoms with E-state index >= 15 is 0 Å². The van der Waals surface area contributed by atoms with E-state index in [-0.39, 0.29) is 11.6 Å². The Labute approximate surface area is 163 Å². The molecule has 0 aliphatic carbocycles. The molecule has 0 aromatic carbocycles. The van der Waals surface area contributed by atoms with Crippen molar-refractivity contribution < 1.29 is 14.4 Å². The molecular weight excluding hydrogens is 362 g/mol. The van der Waals surface area contributed by atoms with E-state index in [1.165, 1.54) is 18.7 Å². The number of ketones is 2. The lowest BCUT2D eigenvalue weighted by molar-refractivity contribution is 0.0981. The minimum atomic E-state index is -0.559. The Morgan fingerprint density at radius 3 is 2.07 bits per heavy atom. The Bertz CT molecular complexity index is 960. The number of hydrogen-bond acceptors (Lipinski definition) is 5. The van der Waals surface area contributed by atoms with E-state index in [0.29, 0.717) is 33.1 Å². The third-order valence-corrected chi connectivity index (χ3v) is 5.99. The fourth-order valence-corrected chi connectivity index (χ4v) is 4.36. The van der Waals surface area contributed by atoms with Gasteiger partial charge in [-0.05, 0) is 65.2 Å². The second kappa shape index (κ2) is 7.68. The number of H-pyrrole nitrogens is 1. The molecule has 1 amide bonds. The maximum atomic E-state index is 13.0. The summed E-state index contributed by atoms with van der Waals surface area (Å²) >= 11 is 1.20. The first-order valence-electron chi connectivity index (χ1n) is 8.65. The Balaban J connectivity index is 2.43. The number of pyridine rings is 1. The number of nitrogens with two attached hydrogens (primary N) is 1. The molecule has 2 aromatic heterocycles. The summed E-state index contributed by atoms with van der Waals surface area (Å²) in [7, 11) is 0. The zero-order valence-electron chi connectivity index (χ0n) is 16.7. The second-order valence-corrected chi connectivity index (χ2v) is 8.13. The van der Waals surface area contributed by atoms with Gasteiger partial charge in [-0.3, -0.25) is 14.4 Å². The van der Waals surface area contributed by atoms with Gasteiger partial charge in [0.15, 0.2) is 11.6 Å². The molecule has 2 heterocycles. The molecule has 0 spiro atoms. The Morgan fingerprint density at radius 2 is 1.59 bits per heavy atom. The number of aryl methyl sites for hydroxylation is 2. The molecule has 0 radical (unpaired) electrons. The molecule has 0 saturated carbocycles. The summed E-state index contributed by atoms with van der Waals surface area (Å²) in [5.41, 5.74) is 10.7. The number of primary amides is 1. The monoisotopic (exact) mass is 387 g/mol. The van der Waals surface area contributed by atoms with Crippen LogP contribution in [-0.2, 0) is 0 Å². The summed E-state index contributed by atoms with van der Waals surface area (Å²) in [5, 5.41) is -0.0506. The van der Waals surface area contributed by atoms with E-state index in [0.717, 1.165) is 16.8 Å². The second-order valence-electron chi connectivity index (χ2n) is 6.80. The SMILES string of the molecule is CC(=O)c1c(C)[nH]c(C(=O)[C@@H](C)Sc2nc(C)c(C)c(C)c2C(N)=O)c1C. The number of amides is 1. The van der Waals surface area contributed by atoms with Crippen LogP contribution >= 0.6 is 11.8 Å². The molecule has 0 bridgehead atoms. The number of nitrogens with zero attached hydrogens (tertiary/aromatic N) is 1. The van der Waals surface area contributed by atoms with E-state index in [2.05, 4.69) is 9.97 Å². The highest BCUT2D eigenvalue weighted by atomic mass is 32.2. The van der Waals surface area contributed by atoms with Gasteiger partial charge in [-0.2, -0.15) is 0 Å². The van der Waals surface area contributed by atoms with Crippen LogP contribution in [0.15, 0.2) is 5.03 Å². The van der Waals surface area contributed by atoms with Gasteiger partial charge < -0.3 is 10.7 Å². The normalized spacial score (nSPS) is 12.1. The molecule has 1 atom stereocenters. The minimum absolute atomic E-state index is 0.0805. The first kappa shape index (κ1) is 20.9. The first-order chi connectivity index (χ1) is 12.5. The summed E-state index contributed by atoms with van der Waals surface area (Å²) < 4.78 is 0. The van der Waals surface area contributed by atoms with Crippen molar-refractivity contribution in [3.05, 3.63) is 44.9 Å². The van der Waals surface area contributed by atoms with Crippen molar-refractivity contribution in [2.75, 3.05) is 0 Å². The summed E-state index contributed by atoms with van der Waals surface area (Å²) in [4.78, 5) is 44.2. The fourth-order valence-electron chi connectivity index (χ4n) is 3.24. The average molecular weight is 388 g/mol. The van der Waals surface area contributed by atoms with E-state index in [9.17, 15) is 14.4 Å². The van der Waals surface area contributed by atoms with Crippen LogP contribution in [0.3, 0.4) is 0 Å². The molecule has 7 heteroatoms. The zero-order valence-corrected chi connectivity index (χ0v) is 17.6. The van der Waals surface area contributed by atoms with Gasteiger partial charge in [0.25, 0.3) is 5.91 Å². The highest BCUT2D eigenvalue weighted by molar-refractivity contribution is 8.00. The Kier molecular flexibility index (Phi) is 5.94. The van der Waals surface area contributed by atoms with Crippen molar-refractivity contribution in [3.8, 4) is 0 Å². The molecule has 0 aliphatic rings.